The van der Waals surface area contributed by atoms with Crippen molar-refractivity contribution in [2.24, 2.45) is 16.1 Å². The maximum Gasteiger partial charge on any atom is 0.281 e. The smallest absolute Gasteiger partial charge is 0.281 e. The molecule has 0 saturated heterocycles. The molecule has 0 bridgehead atoms. The van der Waals surface area contributed by atoms with Crippen molar-refractivity contribution in [2.75, 3.05) is 0 Å². The molecule has 0 aliphatic heterocycles. The minimum Gasteiger partial charge on any atom is -0.494 e. The summed E-state index contributed by atoms with van der Waals surface area (Å²) in [6.45, 7) is 7.18. The van der Waals surface area contributed by atoms with E-state index in [1.54, 1.807) is 31.2 Å². The van der Waals surface area contributed by atoms with Crippen LogP contribution in [0.1, 0.15) is 56.4 Å². The minimum absolute atomic E-state index is 0.0779. The Morgan fingerprint density at radius 3 is 2.13 bits per heavy atom. The average molecular weight is 452 g/mol. The number of nitrogens with zero attached hydrogens (tertiary/aromatic N) is 3. The molecular weight excluding hydrogens is 422 g/mol. The van der Waals surface area contributed by atoms with Gasteiger partial charge >= 0.3 is 0 Å². The zero-order chi connectivity index (χ0) is 23.3. The summed E-state index contributed by atoms with van der Waals surface area (Å²) in [5, 5.41) is 28.8. The van der Waals surface area contributed by atoms with Gasteiger partial charge < -0.3 is 10.2 Å². The van der Waals surface area contributed by atoms with Gasteiger partial charge in [0, 0.05) is 12.1 Å². The number of aromatic nitrogens is 1. The Morgan fingerprint density at radius 1 is 1.06 bits per heavy atom. The molecule has 1 unspecified atom stereocenters. The van der Waals surface area contributed by atoms with Gasteiger partial charge in [-0.3, -0.25) is 13.9 Å². The van der Waals surface area contributed by atoms with E-state index < -0.39 is 33.4 Å². The van der Waals surface area contributed by atoms with Crippen molar-refractivity contribution in [3.63, 3.8) is 0 Å². The lowest BCUT2D eigenvalue weighted by molar-refractivity contribution is 0.103. The monoisotopic (exact) mass is 451 g/mol. The van der Waals surface area contributed by atoms with Crippen LogP contribution in [-0.2, 0) is 22.4 Å². The van der Waals surface area contributed by atoms with Crippen LogP contribution in [0.3, 0.4) is 0 Å². The lowest BCUT2D eigenvalue weighted by atomic mass is 9.91. The first kappa shape index (κ1) is 24.7. The number of aromatic hydroxyl groups is 1. The molecule has 9 nitrogen and oxygen atoms in total. The quantitative estimate of drug-likeness (QED) is 0.386. The molecule has 10 heteroatoms. The number of pyridine rings is 1. The van der Waals surface area contributed by atoms with Crippen LogP contribution in [0.2, 0.25) is 0 Å². The highest BCUT2D eigenvalue weighted by Crippen LogP contribution is 2.31. The number of benzene rings is 1. The first-order valence-electron chi connectivity index (χ1n) is 10.1. The Hall–Kier alpha value is -2.56. The second-order valence-corrected chi connectivity index (χ2v) is 8.82. The Balaban J connectivity index is 2.44. The largest absolute Gasteiger partial charge is 0.494 e. The molecular formula is C21H29N3O6S. The van der Waals surface area contributed by atoms with E-state index >= 15 is 0 Å². The predicted molar refractivity (Wildman–Crippen MR) is 118 cm³/mol. The topological polar surface area (TPSA) is 142 Å². The maximum atomic E-state index is 12.7. The van der Waals surface area contributed by atoms with Gasteiger partial charge in [0.15, 0.2) is 11.6 Å². The summed E-state index contributed by atoms with van der Waals surface area (Å²) in [6, 6.07) is 6.82. The molecule has 2 rings (SSSR count). The van der Waals surface area contributed by atoms with Crippen molar-refractivity contribution < 1.29 is 23.2 Å². The number of hydrogen-bond donors (Lipinski definition) is 3. The zero-order valence-electron chi connectivity index (χ0n) is 18.1. The lowest BCUT2D eigenvalue weighted by Crippen LogP contribution is -2.22. The van der Waals surface area contributed by atoms with E-state index in [4.69, 9.17) is 0 Å². The van der Waals surface area contributed by atoms with E-state index in [0.717, 1.165) is 23.0 Å². The predicted octanol–water partition coefficient (Wildman–Crippen LogP) is 4.16. The third kappa shape index (κ3) is 5.78. The highest BCUT2D eigenvalue weighted by molar-refractivity contribution is 7.85. The molecule has 2 aromatic rings. The molecule has 0 fully saturated rings. The first-order chi connectivity index (χ1) is 14.5. The van der Waals surface area contributed by atoms with Gasteiger partial charge in [0.25, 0.3) is 15.7 Å². The van der Waals surface area contributed by atoms with E-state index in [1.165, 1.54) is 6.92 Å². The second kappa shape index (κ2) is 10.2. The molecule has 170 valence electrons. The van der Waals surface area contributed by atoms with Gasteiger partial charge in [0.1, 0.15) is 5.75 Å². The molecule has 1 aromatic carbocycles. The molecule has 3 N–H and O–H groups in total. The van der Waals surface area contributed by atoms with Crippen molar-refractivity contribution in [1.82, 2.24) is 4.57 Å². The van der Waals surface area contributed by atoms with Gasteiger partial charge in [0.05, 0.1) is 11.8 Å². The van der Waals surface area contributed by atoms with Gasteiger partial charge in [-0.25, -0.2) is 0 Å². The van der Waals surface area contributed by atoms with Gasteiger partial charge in [-0.1, -0.05) is 38.8 Å². The van der Waals surface area contributed by atoms with E-state index in [1.807, 2.05) is 13.8 Å². The van der Waals surface area contributed by atoms with Crippen LogP contribution >= 0.6 is 0 Å². The standard InChI is InChI=1S/C21H29N3O6S/c1-5-14(6-2)19(25)15-8-10-16(11-9-15)22-23-18-13(4)17(12-31(28,29)30)20(26)24(7-3)21(18)27/h8-11,14,19,25-26H,5-7,12H2,1-4H3,(H,28,29,30). The third-order valence-corrected chi connectivity index (χ3v) is 6.07. The van der Waals surface area contributed by atoms with Gasteiger partial charge in [-0.15, -0.1) is 5.11 Å². The van der Waals surface area contributed by atoms with E-state index in [9.17, 15) is 28.0 Å². The van der Waals surface area contributed by atoms with Crippen molar-refractivity contribution in [3.8, 4) is 5.88 Å². The van der Waals surface area contributed by atoms with Crippen molar-refractivity contribution >= 4 is 21.5 Å². The summed E-state index contributed by atoms with van der Waals surface area (Å²) in [5.41, 5.74) is 0.459. The van der Waals surface area contributed by atoms with Gasteiger partial charge in [-0.2, -0.15) is 13.5 Å². The van der Waals surface area contributed by atoms with E-state index in [2.05, 4.69) is 10.2 Å². The Bertz CT molecular complexity index is 1100. The second-order valence-electron chi connectivity index (χ2n) is 7.36. The highest BCUT2D eigenvalue weighted by atomic mass is 32.2. The zero-order valence-corrected chi connectivity index (χ0v) is 18.9. The lowest BCUT2D eigenvalue weighted by Gasteiger charge is -2.20. The molecule has 0 aliphatic rings. The Morgan fingerprint density at radius 2 is 1.65 bits per heavy atom. The van der Waals surface area contributed by atoms with Crippen molar-refractivity contribution in [3.05, 3.63) is 51.3 Å². The summed E-state index contributed by atoms with van der Waals surface area (Å²) in [7, 11) is -4.44. The molecule has 1 heterocycles. The molecule has 0 saturated carbocycles. The highest BCUT2D eigenvalue weighted by Gasteiger charge is 2.22. The number of rotatable bonds is 9. The normalized spacial score (nSPS) is 13.3. The fraction of sp³-hybridized carbons (Fsp3) is 0.476. The molecule has 0 amide bonds. The molecule has 0 spiro atoms. The summed E-state index contributed by atoms with van der Waals surface area (Å²) in [4.78, 5) is 12.7. The van der Waals surface area contributed by atoms with E-state index in [0.29, 0.717) is 5.69 Å². The first-order valence-corrected chi connectivity index (χ1v) is 11.7. The average Bonchev–Trinajstić information content (AvgIpc) is 2.72. The number of azo groups is 1. The van der Waals surface area contributed by atoms with E-state index in [-0.39, 0.29) is 29.3 Å². The number of aliphatic hydroxyl groups excluding tert-OH is 1. The number of hydrogen-bond acceptors (Lipinski definition) is 7. The molecule has 31 heavy (non-hydrogen) atoms. The van der Waals surface area contributed by atoms with Crippen molar-refractivity contribution in [2.45, 2.75) is 58.9 Å². The maximum absolute atomic E-state index is 12.7. The van der Waals surface area contributed by atoms with Crippen molar-refractivity contribution in [1.29, 1.82) is 0 Å². The summed E-state index contributed by atoms with van der Waals surface area (Å²) < 4.78 is 32.8. The van der Waals surface area contributed by atoms with Crippen LogP contribution in [0.5, 0.6) is 5.88 Å². The molecule has 1 aromatic heterocycles. The van der Waals surface area contributed by atoms with Crippen LogP contribution in [0.15, 0.2) is 39.3 Å². The van der Waals surface area contributed by atoms with Crippen LogP contribution < -0.4 is 5.56 Å². The van der Waals surface area contributed by atoms with Crippen LogP contribution in [0, 0.1) is 12.8 Å². The summed E-state index contributed by atoms with van der Waals surface area (Å²) >= 11 is 0. The molecule has 0 radical (unpaired) electrons. The summed E-state index contributed by atoms with van der Waals surface area (Å²) in [5.74, 6) is -1.22. The van der Waals surface area contributed by atoms with Gasteiger partial charge in [-0.05, 0) is 43.0 Å². The minimum atomic E-state index is -4.44. The Kier molecular flexibility index (Phi) is 8.10. The summed E-state index contributed by atoms with van der Waals surface area (Å²) in [6.07, 6.45) is 1.13. The molecule has 0 aliphatic carbocycles. The fourth-order valence-corrected chi connectivity index (χ4v) is 4.19. The van der Waals surface area contributed by atoms with Crippen LogP contribution in [0.25, 0.3) is 0 Å². The fourth-order valence-electron chi connectivity index (χ4n) is 3.48. The van der Waals surface area contributed by atoms with Gasteiger partial charge in [0.2, 0.25) is 0 Å². The van der Waals surface area contributed by atoms with Crippen LogP contribution in [0.4, 0.5) is 11.4 Å². The molecule has 1 atom stereocenters. The Labute approximate surface area is 181 Å². The number of aliphatic hydroxyl groups is 1. The third-order valence-electron chi connectivity index (χ3n) is 5.42. The van der Waals surface area contributed by atoms with Crippen LogP contribution in [-0.4, -0.2) is 27.8 Å². The SMILES string of the molecule is CCC(CC)C(O)c1ccc(N=Nc2c(C)c(CS(=O)(=O)O)c(O)n(CC)c2=O)cc1.